The van der Waals surface area contributed by atoms with E-state index < -0.39 is 0 Å². The Kier molecular flexibility index (Phi) is 3.94. The van der Waals surface area contributed by atoms with Crippen molar-refractivity contribution in [2.24, 2.45) is 7.05 Å². The van der Waals surface area contributed by atoms with Crippen LogP contribution in [-0.4, -0.2) is 27.1 Å². The third-order valence-corrected chi connectivity index (χ3v) is 6.19. The summed E-state index contributed by atoms with van der Waals surface area (Å²) < 4.78 is 2.11. The third-order valence-electron chi connectivity index (χ3n) is 6.19. The predicted octanol–water partition coefficient (Wildman–Crippen LogP) is 2.50. The van der Waals surface area contributed by atoms with Crippen molar-refractivity contribution >= 4 is 17.8 Å². The number of fused-ring (bicyclic) bond motifs is 1. The van der Waals surface area contributed by atoms with Crippen molar-refractivity contribution < 1.29 is 0 Å². The van der Waals surface area contributed by atoms with E-state index in [9.17, 15) is 0 Å². The van der Waals surface area contributed by atoms with Crippen LogP contribution in [0.1, 0.15) is 56.7 Å². The summed E-state index contributed by atoms with van der Waals surface area (Å²) in [7, 11) is 4.26. The molecule has 2 aromatic rings. The van der Waals surface area contributed by atoms with Crippen LogP contribution in [0.3, 0.4) is 0 Å². The zero-order valence-electron chi connectivity index (χ0n) is 15.8. The molecule has 132 valence electrons. The molecule has 25 heavy (non-hydrogen) atoms. The molecule has 0 N–H and O–H groups in total. The molecule has 2 aromatic heterocycles. The fourth-order valence-electron chi connectivity index (χ4n) is 3.98. The third kappa shape index (κ3) is 2.68. The first-order valence-electron chi connectivity index (χ1n) is 9.45. The Bertz CT molecular complexity index is 906. The number of imidazole rings is 1. The van der Waals surface area contributed by atoms with Crippen molar-refractivity contribution in [1.29, 1.82) is 0 Å². The van der Waals surface area contributed by atoms with Crippen molar-refractivity contribution in [3.8, 4) is 0 Å². The number of pyridine rings is 1. The number of rotatable bonds is 4. The summed E-state index contributed by atoms with van der Waals surface area (Å²) in [4.78, 5) is 11.7. The van der Waals surface area contributed by atoms with Gasteiger partial charge in [-0.1, -0.05) is 19.4 Å². The fourth-order valence-corrected chi connectivity index (χ4v) is 3.98. The maximum Gasteiger partial charge on any atom is 0.0955 e. The zero-order valence-corrected chi connectivity index (χ0v) is 15.8. The first kappa shape index (κ1) is 16.4. The molecular weight excluding hydrogens is 308 g/mol. The Labute approximate surface area is 149 Å². The van der Waals surface area contributed by atoms with Gasteiger partial charge >= 0.3 is 0 Å². The number of hydrogen-bond donors (Lipinski definition) is 0. The second kappa shape index (κ2) is 6.01. The summed E-state index contributed by atoms with van der Waals surface area (Å²) in [6, 6.07) is 2.35. The van der Waals surface area contributed by atoms with Gasteiger partial charge in [0.05, 0.1) is 34.4 Å². The van der Waals surface area contributed by atoms with Crippen LogP contribution in [0.4, 0.5) is 5.69 Å². The van der Waals surface area contributed by atoms with E-state index in [-0.39, 0.29) is 5.54 Å². The van der Waals surface area contributed by atoms with Gasteiger partial charge in [-0.15, -0.1) is 0 Å². The number of aromatic nitrogens is 3. The van der Waals surface area contributed by atoms with Crippen LogP contribution in [0.15, 0.2) is 18.6 Å². The highest BCUT2D eigenvalue weighted by Crippen LogP contribution is 2.38. The molecule has 4 heteroatoms. The number of aryl methyl sites for hydroxylation is 2. The summed E-state index contributed by atoms with van der Waals surface area (Å²) in [6.45, 7) is 4.55. The van der Waals surface area contributed by atoms with Gasteiger partial charge < -0.3 is 9.47 Å². The van der Waals surface area contributed by atoms with E-state index in [0.29, 0.717) is 5.92 Å². The van der Waals surface area contributed by atoms with Gasteiger partial charge in [-0.25, -0.2) is 4.98 Å². The molecule has 2 heterocycles. The smallest absolute Gasteiger partial charge is 0.0955 e. The molecular formula is C21H28N4. The Morgan fingerprint density at radius 3 is 2.80 bits per heavy atom. The van der Waals surface area contributed by atoms with E-state index in [2.05, 4.69) is 66.8 Å². The maximum absolute atomic E-state index is 4.82. The molecule has 1 saturated carbocycles. The van der Waals surface area contributed by atoms with Crippen LogP contribution in [0, 0.1) is 0 Å². The number of hydrogen-bond acceptors (Lipinski definition) is 3. The molecule has 0 aromatic carbocycles. The standard InChI is InChI=1S/C21H28N4/c1-5-15-11-18(16-7-6-8-16)22-13-20(15)25(4)21(2)10-9-17-19(12-21)24(3)14-23-17/h9,11-14,16H,5-8,10H2,1-4H3. The molecule has 0 amide bonds. The average Bonchev–Trinajstić information content (AvgIpc) is 2.93. The van der Waals surface area contributed by atoms with Crippen LogP contribution in [0.2, 0.25) is 0 Å². The van der Waals surface area contributed by atoms with Crippen molar-refractivity contribution in [1.82, 2.24) is 14.5 Å². The van der Waals surface area contributed by atoms with Crippen LogP contribution in [-0.2, 0) is 13.5 Å². The molecule has 0 aliphatic heterocycles. The lowest BCUT2D eigenvalue weighted by Gasteiger charge is -2.39. The lowest BCUT2D eigenvalue weighted by Crippen LogP contribution is -2.48. The van der Waals surface area contributed by atoms with Crippen LogP contribution < -0.4 is 15.6 Å². The predicted molar refractivity (Wildman–Crippen MR) is 103 cm³/mol. The van der Waals surface area contributed by atoms with E-state index in [0.717, 1.165) is 18.2 Å². The largest absolute Gasteiger partial charge is 0.364 e. The summed E-state index contributed by atoms with van der Waals surface area (Å²) in [5.41, 5.74) is 3.89. The molecule has 1 unspecified atom stereocenters. The van der Waals surface area contributed by atoms with Crippen molar-refractivity contribution in [2.45, 2.75) is 57.4 Å². The second-order valence-electron chi connectivity index (χ2n) is 7.81. The molecule has 0 saturated heterocycles. The van der Waals surface area contributed by atoms with Gasteiger partial charge in [0.1, 0.15) is 0 Å². The Hall–Kier alpha value is -2.10. The monoisotopic (exact) mass is 336 g/mol. The lowest BCUT2D eigenvalue weighted by atomic mass is 9.82. The zero-order chi connectivity index (χ0) is 17.6. The first-order valence-corrected chi connectivity index (χ1v) is 9.45. The minimum atomic E-state index is -0.0651. The fraction of sp³-hybridized carbons (Fsp3) is 0.524. The first-order chi connectivity index (χ1) is 12.0. The van der Waals surface area contributed by atoms with Crippen molar-refractivity contribution in [2.75, 3.05) is 11.9 Å². The SMILES string of the molecule is CCc1cc(C2CCC2)ncc1N(C)C1(C)C=c2c(ncn2C)=CC1. The molecule has 0 spiro atoms. The molecule has 1 atom stereocenters. The van der Waals surface area contributed by atoms with Crippen molar-refractivity contribution in [3.63, 3.8) is 0 Å². The second-order valence-corrected chi connectivity index (χ2v) is 7.81. The number of nitrogens with zero attached hydrogens (tertiary/aromatic N) is 4. The molecule has 4 rings (SSSR count). The highest BCUT2D eigenvalue weighted by atomic mass is 15.2. The summed E-state index contributed by atoms with van der Waals surface area (Å²) >= 11 is 0. The average molecular weight is 336 g/mol. The van der Waals surface area contributed by atoms with Gasteiger partial charge in [-0.2, -0.15) is 0 Å². The van der Waals surface area contributed by atoms with E-state index in [1.807, 2.05) is 6.33 Å². The van der Waals surface area contributed by atoms with E-state index in [1.165, 1.54) is 41.6 Å². The minimum absolute atomic E-state index is 0.0651. The van der Waals surface area contributed by atoms with E-state index in [4.69, 9.17) is 4.98 Å². The Morgan fingerprint density at radius 1 is 1.32 bits per heavy atom. The van der Waals surface area contributed by atoms with Gasteiger partial charge in [0.15, 0.2) is 0 Å². The van der Waals surface area contributed by atoms with Crippen molar-refractivity contribution in [3.05, 3.63) is 40.5 Å². The Balaban J connectivity index is 1.72. The highest BCUT2D eigenvalue weighted by molar-refractivity contribution is 5.61. The number of anilines is 1. The molecule has 2 aliphatic carbocycles. The molecule has 0 radical (unpaired) electrons. The van der Waals surface area contributed by atoms with Gasteiger partial charge in [0, 0.05) is 25.7 Å². The van der Waals surface area contributed by atoms with Crippen LogP contribution >= 0.6 is 0 Å². The quantitative estimate of drug-likeness (QED) is 0.860. The van der Waals surface area contributed by atoms with E-state index >= 15 is 0 Å². The van der Waals surface area contributed by atoms with Gasteiger partial charge in [-0.05, 0) is 50.3 Å². The summed E-state index contributed by atoms with van der Waals surface area (Å²) in [5, 5.41) is 2.31. The Morgan fingerprint density at radius 2 is 2.12 bits per heavy atom. The minimum Gasteiger partial charge on any atom is -0.364 e. The molecule has 2 aliphatic rings. The highest BCUT2D eigenvalue weighted by Gasteiger charge is 2.30. The van der Waals surface area contributed by atoms with Gasteiger partial charge in [0.2, 0.25) is 0 Å². The van der Waals surface area contributed by atoms with Gasteiger partial charge in [-0.3, -0.25) is 4.98 Å². The molecule has 0 bridgehead atoms. The summed E-state index contributed by atoms with van der Waals surface area (Å²) in [6.07, 6.45) is 14.6. The summed E-state index contributed by atoms with van der Waals surface area (Å²) in [5.74, 6) is 0.687. The van der Waals surface area contributed by atoms with Crippen LogP contribution in [0.5, 0.6) is 0 Å². The molecule has 1 fully saturated rings. The van der Waals surface area contributed by atoms with E-state index in [1.54, 1.807) is 0 Å². The van der Waals surface area contributed by atoms with Gasteiger partial charge in [0.25, 0.3) is 0 Å². The van der Waals surface area contributed by atoms with Crippen LogP contribution in [0.25, 0.3) is 12.2 Å². The maximum atomic E-state index is 4.82. The normalized spacial score (nSPS) is 22.6. The topological polar surface area (TPSA) is 34.0 Å². The molecule has 4 nitrogen and oxygen atoms in total. The lowest BCUT2D eigenvalue weighted by molar-refractivity contribution is 0.411.